The Morgan fingerprint density at radius 2 is 2.17 bits per heavy atom. The summed E-state index contributed by atoms with van der Waals surface area (Å²) in [5, 5.41) is 6.87. The van der Waals surface area contributed by atoms with Crippen LogP contribution in [0.1, 0.15) is 15.9 Å². The first kappa shape index (κ1) is 15.6. The maximum atomic E-state index is 13.0. The lowest BCUT2D eigenvalue weighted by Gasteiger charge is -2.10. The first-order chi connectivity index (χ1) is 11.1. The normalized spacial score (nSPS) is 10.5. The van der Waals surface area contributed by atoms with Crippen LogP contribution in [0.5, 0.6) is 0 Å². The summed E-state index contributed by atoms with van der Waals surface area (Å²) in [6.45, 7) is 0.311. The summed E-state index contributed by atoms with van der Waals surface area (Å²) >= 11 is 7.49. The largest absolute Gasteiger partial charge is 0.348 e. The summed E-state index contributed by atoms with van der Waals surface area (Å²) in [6.07, 6.45) is 1.72. The van der Waals surface area contributed by atoms with Crippen molar-refractivity contribution >= 4 is 28.8 Å². The minimum absolute atomic E-state index is 0.0896. The second-order valence-corrected chi connectivity index (χ2v) is 6.02. The van der Waals surface area contributed by atoms with Crippen molar-refractivity contribution in [2.75, 3.05) is 0 Å². The van der Waals surface area contributed by atoms with Crippen LogP contribution in [0.4, 0.5) is 4.39 Å². The van der Waals surface area contributed by atoms with E-state index in [0.29, 0.717) is 6.54 Å². The number of benzene rings is 1. The summed E-state index contributed by atoms with van der Waals surface area (Å²) < 4.78 is 13.0. The van der Waals surface area contributed by atoms with Crippen molar-refractivity contribution in [1.82, 2.24) is 10.3 Å². The van der Waals surface area contributed by atoms with Crippen LogP contribution in [0.3, 0.4) is 0 Å². The molecule has 2 heterocycles. The molecule has 0 atom stereocenters. The van der Waals surface area contributed by atoms with Crippen LogP contribution in [-0.4, -0.2) is 10.9 Å². The Morgan fingerprint density at radius 1 is 1.30 bits per heavy atom. The number of thiophene rings is 1. The van der Waals surface area contributed by atoms with Gasteiger partial charge in [0.1, 0.15) is 5.82 Å². The molecule has 3 aromatic rings. The van der Waals surface area contributed by atoms with Gasteiger partial charge in [0.2, 0.25) is 0 Å². The molecule has 6 heteroatoms. The Labute approximate surface area is 141 Å². The van der Waals surface area contributed by atoms with E-state index in [4.69, 9.17) is 11.6 Å². The van der Waals surface area contributed by atoms with E-state index < -0.39 is 5.82 Å². The predicted octanol–water partition coefficient (Wildman–Crippen LogP) is 4.53. The highest BCUT2D eigenvalue weighted by Crippen LogP contribution is 2.23. The maximum absolute atomic E-state index is 13.0. The first-order valence-corrected chi connectivity index (χ1v) is 8.17. The van der Waals surface area contributed by atoms with Gasteiger partial charge in [-0.2, -0.15) is 11.3 Å². The van der Waals surface area contributed by atoms with E-state index in [-0.39, 0.29) is 16.5 Å². The van der Waals surface area contributed by atoms with Crippen molar-refractivity contribution < 1.29 is 9.18 Å². The van der Waals surface area contributed by atoms with E-state index >= 15 is 0 Å². The fourth-order valence-corrected chi connectivity index (χ4v) is 3.08. The Bertz CT molecular complexity index is 836. The highest BCUT2D eigenvalue weighted by molar-refractivity contribution is 7.08. The quantitative estimate of drug-likeness (QED) is 0.754. The molecule has 0 saturated carbocycles. The molecule has 0 fully saturated rings. The standard InChI is InChI=1S/C17H12ClFN2OS/c18-15-8-13(19)3-4-14(15)17(22)21-9-11-2-1-6-20-16(11)12-5-7-23-10-12/h1-8,10H,9H2,(H,21,22). The molecule has 3 rings (SSSR count). The van der Waals surface area contributed by atoms with Gasteiger partial charge in [-0.25, -0.2) is 4.39 Å². The molecule has 1 N–H and O–H groups in total. The Kier molecular flexibility index (Phi) is 4.69. The van der Waals surface area contributed by atoms with Crippen LogP contribution in [0.25, 0.3) is 11.3 Å². The third-order valence-corrected chi connectivity index (χ3v) is 4.30. The van der Waals surface area contributed by atoms with Gasteiger partial charge in [0.25, 0.3) is 5.91 Å². The summed E-state index contributed by atoms with van der Waals surface area (Å²) in [6, 6.07) is 9.42. The third-order valence-electron chi connectivity index (χ3n) is 3.30. The number of hydrogen-bond donors (Lipinski definition) is 1. The number of pyridine rings is 1. The zero-order valence-electron chi connectivity index (χ0n) is 11.9. The highest BCUT2D eigenvalue weighted by Gasteiger charge is 2.12. The number of amides is 1. The molecule has 3 nitrogen and oxygen atoms in total. The fraction of sp³-hybridized carbons (Fsp3) is 0.0588. The molecule has 0 aliphatic carbocycles. The third kappa shape index (κ3) is 3.57. The molecule has 0 bridgehead atoms. The minimum Gasteiger partial charge on any atom is -0.348 e. The summed E-state index contributed by atoms with van der Waals surface area (Å²) in [4.78, 5) is 16.6. The SMILES string of the molecule is O=C(NCc1cccnc1-c1ccsc1)c1ccc(F)cc1Cl. The Hall–Kier alpha value is -2.24. The fourth-order valence-electron chi connectivity index (χ4n) is 2.18. The number of nitrogens with zero attached hydrogens (tertiary/aromatic N) is 1. The van der Waals surface area contributed by atoms with Gasteiger partial charge in [-0.15, -0.1) is 0 Å². The molecular formula is C17H12ClFN2OS. The molecule has 0 aliphatic rings. The van der Waals surface area contributed by atoms with Crippen molar-refractivity contribution in [3.63, 3.8) is 0 Å². The van der Waals surface area contributed by atoms with E-state index in [1.807, 2.05) is 29.0 Å². The molecule has 0 aliphatic heterocycles. The van der Waals surface area contributed by atoms with Crippen molar-refractivity contribution in [2.45, 2.75) is 6.54 Å². The van der Waals surface area contributed by atoms with Gasteiger partial charge >= 0.3 is 0 Å². The van der Waals surface area contributed by atoms with Gasteiger partial charge in [0.05, 0.1) is 16.3 Å². The molecule has 0 spiro atoms. The van der Waals surface area contributed by atoms with Crippen LogP contribution < -0.4 is 5.32 Å². The molecule has 1 aromatic carbocycles. The van der Waals surface area contributed by atoms with Crippen LogP contribution in [0.15, 0.2) is 53.4 Å². The maximum Gasteiger partial charge on any atom is 0.253 e. The summed E-state index contributed by atoms with van der Waals surface area (Å²) in [5.41, 5.74) is 2.99. The van der Waals surface area contributed by atoms with E-state index in [1.165, 1.54) is 12.1 Å². The number of carbonyl (C=O) groups excluding carboxylic acids is 1. The lowest BCUT2D eigenvalue weighted by Crippen LogP contribution is -2.23. The first-order valence-electron chi connectivity index (χ1n) is 6.85. The molecule has 0 radical (unpaired) electrons. The molecule has 23 heavy (non-hydrogen) atoms. The monoisotopic (exact) mass is 346 g/mol. The van der Waals surface area contributed by atoms with Crippen LogP contribution in [0.2, 0.25) is 5.02 Å². The van der Waals surface area contributed by atoms with Crippen LogP contribution in [-0.2, 0) is 6.54 Å². The highest BCUT2D eigenvalue weighted by atomic mass is 35.5. The van der Waals surface area contributed by atoms with Gasteiger partial charge in [0.15, 0.2) is 0 Å². The zero-order chi connectivity index (χ0) is 16.2. The smallest absolute Gasteiger partial charge is 0.253 e. The van der Waals surface area contributed by atoms with E-state index in [1.54, 1.807) is 17.5 Å². The second-order valence-electron chi connectivity index (χ2n) is 4.83. The predicted molar refractivity (Wildman–Crippen MR) is 90.1 cm³/mol. The van der Waals surface area contributed by atoms with E-state index in [0.717, 1.165) is 22.9 Å². The van der Waals surface area contributed by atoms with Crippen molar-refractivity contribution in [1.29, 1.82) is 0 Å². The number of halogens is 2. The molecule has 2 aromatic heterocycles. The van der Waals surface area contributed by atoms with Crippen LogP contribution >= 0.6 is 22.9 Å². The lowest BCUT2D eigenvalue weighted by molar-refractivity contribution is 0.0951. The van der Waals surface area contributed by atoms with Crippen molar-refractivity contribution in [3.05, 3.63) is 75.3 Å². The zero-order valence-corrected chi connectivity index (χ0v) is 13.5. The molecule has 116 valence electrons. The minimum atomic E-state index is -0.474. The number of carbonyl (C=O) groups is 1. The average Bonchev–Trinajstić information content (AvgIpc) is 3.07. The van der Waals surface area contributed by atoms with Crippen molar-refractivity contribution in [3.8, 4) is 11.3 Å². The Morgan fingerprint density at radius 3 is 2.91 bits per heavy atom. The van der Waals surface area contributed by atoms with Crippen molar-refractivity contribution in [2.24, 2.45) is 0 Å². The Balaban J connectivity index is 1.77. The summed E-state index contributed by atoms with van der Waals surface area (Å²) in [7, 11) is 0. The molecule has 0 unspecified atom stereocenters. The number of nitrogens with one attached hydrogen (secondary N) is 1. The molecule has 0 saturated heterocycles. The molecular weight excluding hydrogens is 335 g/mol. The van der Waals surface area contributed by atoms with E-state index in [2.05, 4.69) is 10.3 Å². The van der Waals surface area contributed by atoms with Gasteiger partial charge in [-0.3, -0.25) is 9.78 Å². The van der Waals surface area contributed by atoms with Gasteiger partial charge in [-0.1, -0.05) is 17.7 Å². The summed E-state index contributed by atoms with van der Waals surface area (Å²) in [5.74, 6) is -0.825. The van der Waals surface area contributed by atoms with Gasteiger partial charge < -0.3 is 5.32 Å². The number of hydrogen-bond acceptors (Lipinski definition) is 3. The average molecular weight is 347 g/mol. The van der Waals surface area contributed by atoms with Crippen LogP contribution in [0, 0.1) is 5.82 Å². The van der Waals surface area contributed by atoms with Gasteiger partial charge in [-0.05, 0) is 41.3 Å². The van der Waals surface area contributed by atoms with Gasteiger partial charge in [0, 0.05) is 23.7 Å². The second kappa shape index (κ2) is 6.89. The number of aromatic nitrogens is 1. The lowest BCUT2D eigenvalue weighted by atomic mass is 10.1. The molecule has 1 amide bonds. The van der Waals surface area contributed by atoms with E-state index in [9.17, 15) is 9.18 Å². The topological polar surface area (TPSA) is 42.0 Å². The number of rotatable bonds is 4.